The van der Waals surface area contributed by atoms with Gasteiger partial charge < -0.3 is 10.1 Å². The number of hydrogen-bond donors (Lipinski definition) is 1. The van der Waals surface area contributed by atoms with E-state index < -0.39 is 15.7 Å². The molecule has 0 spiro atoms. The lowest BCUT2D eigenvalue weighted by Crippen LogP contribution is -2.45. The van der Waals surface area contributed by atoms with Gasteiger partial charge in [-0.05, 0) is 25.2 Å². The molecule has 0 aromatic rings. The van der Waals surface area contributed by atoms with E-state index in [1.165, 1.54) is 6.42 Å². The average Bonchev–Trinajstić information content (AvgIpc) is 2.92. The summed E-state index contributed by atoms with van der Waals surface area (Å²) in [7, 11) is 0. The minimum absolute atomic E-state index is 0.164. The van der Waals surface area contributed by atoms with Crippen molar-refractivity contribution in [3.63, 3.8) is 0 Å². The van der Waals surface area contributed by atoms with Gasteiger partial charge in [-0.15, -0.1) is 23.2 Å². The number of carbonyl (C=O) groups excluding carboxylic acids is 2. The molecule has 1 amide bonds. The molecule has 1 N–H and O–H groups in total. The van der Waals surface area contributed by atoms with E-state index in [1.54, 1.807) is 6.92 Å². The number of rotatable bonds is 4. The predicted octanol–water partition coefficient (Wildman–Crippen LogP) is 3.05. The van der Waals surface area contributed by atoms with Crippen molar-refractivity contribution in [3.8, 4) is 0 Å². The smallest absolute Gasteiger partial charge is 0.315 e. The quantitative estimate of drug-likeness (QED) is 0.634. The van der Waals surface area contributed by atoms with Gasteiger partial charge >= 0.3 is 5.97 Å². The summed E-state index contributed by atoms with van der Waals surface area (Å²) in [6.07, 6.45) is 3.67. The monoisotopic (exact) mass is 335 g/mol. The first-order valence-corrected chi connectivity index (χ1v) is 8.27. The molecule has 0 aliphatic heterocycles. The Bertz CT molecular complexity index is 441. The molecule has 0 unspecified atom stereocenters. The van der Waals surface area contributed by atoms with Gasteiger partial charge in [0.1, 0.15) is 9.75 Å². The third-order valence-corrected chi connectivity index (χ3v) is 6.20. The van der Waals surface area contributed by atoms with E-state index in [0.717, 1.165) is 12.8 Å². The maximum atomic E-state index is 11.9. The highest BCUT2D eigenvalue weighted by Gasteiger charge is 2.69. The van der Waals surface area contributed by atoms with Crippen LogP contribution in [0.5, 0.6) is 0 Å². The third-order valence-electron chi connectivity index (χ3n) is 5.10. The van der Waals surface area contributed by atoms with Crippen LogP contribution >= 0.6 is 23.2 Å². The molecule has 0 aromatic heterocycles. The zero-order chi connectivity index (χ0) is 15.8. The number of halogens is 2. The van der Waals surface area contributed by atoms with Crippen molar-refractivity contribution >= 4 is 35.1 Å². The Labute approximate surface area is 135 Å². The fourth-order valence-electron chi connectivity index (χ4n) is 2.95. The van der Waals surface area contributed by atoms with Crippen LogP contribution in [0, 0.1) is 17.3 Å². The summed E-state index contributed by atoms with van der Waals surface area (Å²) < 4.78 is 3.99. The van der Waals surface area contributed by atoms with Gasteiger partial charge in [0.15, 0.2) is 6.61 Å². The molecule has 4 nitrogen and oxygen atoms in total. The molecule has 2 saturated carbocycles. The molecule has 0 radical (unpaired) electrons. The normalized spacial score (nSPS) is 37.7. The van der Waals surface area contributed by atoms with Crippen LogP contribution in [-0.4, -0.2) is 28.9 Å². The first-order valence-electron chi connectivity index (χ1n) is 7.52. The van der Waals surface area contributed by atoms with Crippen LogP contribution in [0.2, 0.25) is 0 Å². The topological polar surface area (TPSA) is 55.4 Å². The zero-order valence-corrected chi connectivity index (χ0v) is 14.3. The van der Waals surface area contributed by atoms with Crippen LogP contribution in [0.1, 0.15) is 46.5 Å². The Hall–Kier alpha value is -0.480. The molecule has 0 bridgehead atoms. The van der Waals surface area contributed by atoms with Crippen molar-refractivity contribution in [2.24, 2.45) is 17.3 Å². The Balaban J connectivity index is 1.77. The van der Waals surface area contributed by atoms with Crippen molar-refractivity contribution < 1.29 is 14.3 Å². The number of nitrogens with one attached hydrogen (secondary N) is 1. The van der Waals surface area contributed by atoms with Gasteiger partial charge in [0.05, 0.1) is 0 Å². The standard InChI is InChI=1S/C15H23Cl2NO3/c1-9-5-4-6-11(10(9)2)18-12(19)7-21-13(20)14(3)8-15(14,16)17/h9-11H,4-8H2,1-3H3,(H,18,19)/t9-,10+,11+,14+/m1/s1. The maximum absolute atomic E-state index is 11.9. The summed E-state index contributed by atoms with van der Waals surface area (Å²) in [6, 6.07) is 0.164. The number of hydrogen-bond acceptors (Lipinski definition) is 3. The fraction of sp³-hybridized carbons (Fsp3) is 0.867. The number of alkyl halides is 2. The second-order valence-corrected chi connectivity index (χ2v) is 8.21. The number of amides is 1. The molecule has 120 valence electrons. The van der Waals surface area contributed by atoms with Crippen molar-refractivity contribution in [2.45, 2.75) is 56.8 Å². The van der Waals surface area contributed by atoms with Crippen LogP contribution in [-0.2, 0) is 14.3 Å². The molecule has 2 rings (SSSR count). The van der Waals surface area contributed by atoms with Crippen LogP contribution in [0.25, 0.3) is 0 Å². The van der Waals surface area contributed by atoms with Crippen molar-refractivity contribution in [3.05, 3.63) is 0 Å². The summed E-state index contributed by atoms with van der Waals surface area (Å²) in [4.78, 5) is 23.8. The highest BCUT2D eigenvalue weighted by Crippen LogP contribution is 2.64. The molecule has 4 atom stereocenters. The number of esters is 1. The first-order chi connectivity index (χ1) is 9.67. The van der Waals surface area contributed by atoms with Crippen molar-refractivity contribution in [1.82, 2.24) is 5.32 Å². The number of carbonyl (C=O) groups is 2. The van der Waals surface area contributed by atoms with Gasteiger partial charge in [-0.3, -0.25) is 9.59 Å². The molecule has 21 heavy (non-hydrogen) atoms. The predicted molar refractivity (Wildman–Crippen MR) is 82.2 cm³/mol. The molecule has 2 fully saturated rings. The Morgan fingerprint density at radius 2 is 1.90 bits per heavy atom. The van der Waals surface area contributed by atoms with E-state index in [1.807, 2.05) is 0 Å². The maximum Gasteiger partial charge on any atom is 0.315 e. The Kier molecular flexibility index (Phi) is 4.79. The summed E-state index contributed by atoms with van der Waals surface area (Å²) in [5, 5.41) is 2.96. The lowest BCUT2D eigenvalue weighted by molar-refractivity contribution is -0.153. The second-order valence-electron chi connectivity index (χ2n) is 6.73. The number of ether oxygens (including phenoxy) is 1. The molecule has 0 aromatic carbocycles. The summed E-state index contributed by atoms with van der Waals surface area (Å²) in [6.45, 7) is 5.74. The fourth-order valence-corrected chi connectivity index (χ4v) is 3.63. The summed E-state index contributed by atoms with van der Waals surface area (Å²) >= 11 is 11.8. The highest BCUT2D eigenvalue weighted by atomic mass is 35.5. The molecule has 0 heterocycles. The molecular formula is C15H23Cl2NO3. The molecule has 2 aliphatic carbocycles. The van der Waals surface area contributed by atoms with E-state index >= 15 is 0 Å². The van der Waals surface area contributed by atoms with Gasteiger partial charge in [-0.25, -0.2) is 0 Å². The summed E-state index contributed by atoms with van der Waals surface area (Å²) in [5.74, 6) is 0.281. The molecule has 6 heteroatoms. The van der Waals surface area contributed by atoms with Gasteiger partial charge in [-0.2, -0.15) is 0 Å². The second kappa shape index (κ2) is 5.96. The van der Waals surface area contributed by atoms with Crippen molar-refractivity contribution in [2.75, 3.05) is 6.61 Å². The third kappa shape index (κ3) is 3.48. The van der Waals surface area contributed by atoms with Crippen LogP contribution < -0.4 is 5.32 Å². The van der Waals surface area contributed by atoms with Gasteiger partial charge in [0, 0.05) is 12.5 Å². The van der Waals surface area contributed by atoms with E-state index in [2.05, 4.69) is 19.2 Å². The van der Waals surface area contributed by atoms with E-state index in [9.17, 15) is 9.59 Å². The Morgan fingerprint density at radius 3 is 2.48 bits per heavy atom. The minimum atomic E-state index is -1.06. The Morgan fingerprint density at radius 1 is 1.29 bits per heavy atom. The molecule has 2 aliphatic rings. The van der Waals surface area contributed by atoms with Crippen LogP contribution in [0.3, 0.4) is 0 Å². The summed E-state index contributed by atoms with van der Waals surface area (Å²) in [5.41, 5.74) is -0.886. The average molecular weight is 336 g/mol. The van der Waals surface area contributed by atoms with Crippen LogP contribution in [0.4, 0.5) is 0 Å². The van der Waals surface area contributed by atoms with Gasteiger partial charge in [0.2, 0.25) is 0 Å². The lowest BCUT2D eigenvalue weighted by atomic mass is 9.78. The van der Waals surface area contributed by atoms with E-state index in [4.69, 9.17) is 27.9 Å². The minimum Gasteiger partial charge on any atom is -0.455 e. The lowest BCUT2D eigenvalue weighted by Gasteiger charge is -2.34. The van der Waals surface area contributed by atoms with E-state index in [-0.39, 0.29) is 18.6 Å². The SMILES string of the molecule is C[C@H]1[C@H](C)CCC[C@@H]1NC(=O)COC(=O)[C@]1(C)CC1(Cl)Cl. The van der Waals surface area contributed by atoms with Gasteiger partial charge in [-0.1, -0.05) is 26.7 Å². The first kappa shape index (κ1) is 16.9. The van der Waals surface area contributed by atoms with Gasteiger partial charge in [0.25, 0.3) is 5.91 Å². The zero-order valence-electron chi connectivity index (χ0n) is 12.7. The largest absolute Gasteiger partial charge is 0.455 e. The molecular weight excluding hydrogens is 313 g/mol. The van der Waals surface area contributed by atoms with Crippen molar-refractivity contribution in [1.29, 1.82) is 0 Å². The van der Waals surface area contributed by atoms with Crippen LogP contribution in [0.15, 0.2) is 0 Å². The highest BCUT2D eigenvalue weighted by molar-refractivity contribution is 6.53. The molecule has 0 saturated heterocycles. The van der Waals surface area contributed by atoms with E-state index in [0.29, 0.717) is 18.3 Å².